The van der Waals surface area contributed by atoms with Crippen LogP contribution in [0.1, 0.15) is 19.8 Å². The zero-order valence-corrected chi connectivity index (χ0v) is 11.2. The average Bonchev–Trinajstić information content (AvgIpc) is 2.39. The number of piperidine rings is 1. The summed E-state index contributed by atoms with van der Waals surface area (Å²) >= 11 is 0. The summed E-state index contributed by atoms with van der Waals surface area (Å²) in [5.41, 5.74) is 7.03. The van der Waals surface area contributed by atoms with Crippen LogP contribution < -0.4 is 11.1 Å². The number of nitrogen functional groups attached to an aromatic ring is 1. The van der Waals surface area contributed by atoms with E-state index in [1.807, 2.05) is 19.1 Å². The third-order valence-corrected chi connectivity index (χ3v) is 3.58. The van der Waals surface area contributed by atoms with Gasteiger partial charge in [-0.05, 0) is 38.0 Å². The zero-order valence-electron chi connectivity index (χ0n) is 11.2. The predicted molar refractivity (Wildman–Crippen MR) is 75.8 cm³/mol. The van der Waals surface area contributed by atoms with E-state index in [0.717, 1.165) is 25.9 Å². The molecule has 2 rings (SSSR count). The third-order valence-electron chi connectivity index (χ3n) is 3.58. The smallest absolute Gasteiger partial charge is 0.241 e. The lowest BCUT2D eigenvalue weighted by atomic mass is 10.1. The third kappa shape index (κ3) is 3.68. The van der Waals surface area contributed by atoms with Gasteiger partial charge >= 0.3 is 0 Å². The van der Waals surface area contributed by atoms with Crippen molar-refractivity contribution in [1.29, 1.82) is 0 Å². The van der Waals surface area contributed by atoms with Crippen molar-refractivity contribution in [2.24, 2.45) is 0 Å². The fourth-order valence-corrected chi connectivity index (χ4v) is 2.30. The fourth-order valence-electron chi connectivity index (χ4n) is 2.30. The zero-order chi connectivity index (χ0) is 13.8. The van der Waals surface area contributed by atoms with Crippen molar-refractivity contribution in [1.82, 2.24) is 4.90 Å². The first kappa shape index (κ1) is 13.8. The Morgan fingerprint density at radius 3 is 2.79 bits per heavy atom. The SMILES string of the molecule is CC(C(=O)Nc1cccc(N)c1)N1CCC(O)CC1. The second kappa shape index (κ2) is 6.04. The first-order valence-corrected chi connectivity index (χ1v) is 6.65. The number of anilines is 2. The van der Waals surface area contributed by atoms with Gasteiger partial charge < -0.3 is 16.2 Å². The van der Waals surface area contributed by atoms with E-state index in [1.54, 1.807) is 12.1 Å². The van der Waals surface area contributed by atoms with Crippen molar-refractivity contribution in [2.45, 2.75) is 31.9 Å². The molecule has 1 aromatic carbocycles. The summed E-state index contributed by atoms with van der Waals surface area (Å²) in [5.74, 6) is -0.0398. The maximum atomic E-state index is 12.1. The number of nitrogens with zero attached hydrogens (tertiary/aromatic N) is 1. The van der Waals surface area contributed by atoms with Gasteiger partial charge in [-0.3, -0.25) is 9.69 Å². The number of nitrogens with two attached hydrogens (primary N) is 1. The van der Waals surface area contributed by atoms with E-state index in [4.69, 9.17) is 5.73 Å². The molecular formula is C14H21N3O2. The molecule has 0 aliphatic carbocycles. The molecule has 1 fully saturated rings. The number of aliphatic hydroxyl groups excluding tert-OH is 1. The van der Waals surface area contributed by atoms with Gasteiger partial charge in [-0.15, -0.1) is 0 Å². The van der Waals surface area contributed by atoms with Gasteiger partial charge in [0.05, 0.1) is 12.1 Å². The Morgan fingerprint density at radius 1 is 1.47 bits per heavy atom. The van der Waals surface area contributed by atoms with Crippen molar-refractivity contribution in [3.8, 4) is 0 Å². The van der Waals surface area contributed by atoms with Crippen LogP contribution in [0.3, 0.4) is 0 Å². The van der Waals surface area contributed by atoms with Gasteiger partial charge in [0.1, 0.15) is 0 Å². The van der Waals surface area contributed by atoms with Crippen molar-refractivity contribution in [3.63, 3.8) is 0 Å². The molecule has 0 bridgehead atoms. The monoisotopic (exact) mass is 263 g/mol. The average molecular weight is 263 g/mol. The lowest BCUT2D eigenvalue weighted by Crippen LogP contribution is -2.47. The molecule has 1 aromatic rings. The van der Waals surface area contributed by atoms with E-state index in [9.17, 15) is 9.90 Å². The summed E-state index contributed by atoms with van der Waals surface area (Å²) in [6.07, 6.45) is 1.24. The van der Waals surface area contributed by atoms with Gasteiger partial charge in [0.15, 0.2) is 0 Å². The molecular weight excluding hydrogens is 242 g/mol. The number of nitrogens with one attached hydrogen (secondary N) is 1. The van der Waals surface area contributed by atoms with Crippen molar-refractivity contribution in [2.75, 3.05) is 24.1 Å². The first-order valence-electron chi connectivity index (χ1n) is 6.65. The molecule has 1 heterocycles. The molecule has 0 radical (unpaired) electrons. The lowest BCUT2D eigenvalue weighted by molar-refractivity contribution is -0.121. The minimum Gasteiger partial charge on any atom is -0.399 e. The minimum absolute atomic E-state index is 0.0398. The van der Waals surface area contributed by atoms with E-state index < -0.39 is 0 Å². The van der Waals surface area contributed by atoms with E-state index in [0.29, 0.717) is 11.4 Å². The van der Waals surface area contributed by atoms with Crippen LogP contribution in [0.25, 0.3) is 0 Å². The Morgan fingerprint density at radius 2 is 2.16 bits per heavy atom. The number of amides is 1. The number of hydrogen-bond donors (Lipinski definition) is 3. The number of rotatable bonds is 3. The van der Waals surface area contributed by atoms with E-state index in [-0.39, 0.29) is 18.1 Å². The van der Waals surface area contributed by atoms with E-state index in [1.165, 1.54) is 0 Å². The molecule has 0 aromatic heterocycles. The Bertz CT molecular complexity index is 442. The van der Waals surface area contributed by atoms with Crippen LogP contribution in [0.4, 0.5) is 11.4 Å². The van der Waals surface area contributed by atoms with Crippen LogP contribution in [0.15, 0.2) is 24.3 Å². The Balaban J connectivity index is 1.92. The second-order valence-electron chi connectivity index (χ2n) is 5.06. The maximum absolute atomic E-state index is 12.1. The molecule has 104 valence electrons. The number of benzene rings is 1. The van der Waals surface area contributed by atoms with Crippen LogP contribution >= 0.6 is 0 Å². The molecule has 0 saturated carbocycles. The number of aliphatic hydroxyl groups is 1. The molecule has 19 heavy (non-hydrogen) atoms. The van der Waals surface area contributed by atoms with Gasteiger partial charge in [-0.2, -0.15) is 0 Å². The summed E-state index contributed by atoms with van der Waals surface area (Å²) in [6.45, 7) is 3.40. The van der Waals surface area contributed by atoms with Gasteiger partial charge in [0.2, 0.25) is 5.91 Å². The Labute approximate surface area is 113 Å². The van der Waals surface area contributed by atoms with Crippen LogP contribution in [0, 0.1) is 0 Å². The van der Waals surface area contributed by atoms with Gasteiger partial charge in [-0.1, -0.05) is 6.07 Å². The van der Waals surface area contributed by atoms with Crippen molar-refractivity contribution < 1.29 is 9.90 Å². The van der Waals surface area contributed by atoms with E-state index >= 15 is 0 Å². The Kier molecular flexibility index (Phi) is 4.39. The molecule has 1 amide bonds. The number of hydrogen-bond acceptors (Lipinski definition) is 4. The lowest BCUT2D eigenvalue weighted by Gasteiger charge is -2.33. The highest BCUT2D eigenvalue weighted by Crippen LogP contribution is 2.16. The maximum Gasteiger partial charge on any atom is 0.241 e. The molecule has 1 unspecified atom stereocenters. The summed E-state index contributed by atoms with van der Waals surface area (Å²) in [6, 6.07) is 6.96. The first-order chi connectivity index (χ1) is 9.06. The fraction of sp³-hybridized carbons (Fsp3) is 0.500. The van der Waals surface area contributed by atoms with Crippen LogP contribution in [0.2, 0.25) is 0 Å². The van der Waals surface area contributed by atoms with Crippen molar-refractivity contribution >= 4 is 17.3 Å². The molecule has 1 aliphatic rings. The van der Waals surface area contributed by atoms with Crippen molar-refractivity contribution in [3.05, 3.63) is 24.3 Å². The molecule has 0 spiro atoms. The topological polar surface area (TPSA) is 78.6 Å². The highest BCUT2D eigenvalue weighted by atomic mass is 16.3. The highest BCUT2D eigenvalue weighted by molar-refractivity contribution is 5.94. The highest BCUT2D eigenvalue weighted by Gasteiger charge is 2.25. The van der Waals surface area contributed by atoms with Gasteiger partial charge in [0, 0.05) is 24.5 Å². The molecule has 1 saturated heterocycles. The molecule has 5 nitrogen and oxygen atoms in total. The molecule has 4 N–H and O–H groups in total. The second-order valence-corrected chi connectivity index (χ2v) is 5.06. The standard InChI is InChI=1S/C14H21N3O2/c1-10(17-7-5-13(18)6-8-17)14(19)16-12-4-2-3-11(15)9-12/h2-4,9-10,13,18H,5-8,15H2,1H3,(H,16,19). The largest absolute Gasteiger partial charge is 0.399 e. The minimum atomic E-state index is -0.222. The Hall–Kier alpha value is -1.59. The summed E-state index contributed by atoms with van der Waals surface area (Å²) in [5, 5.41) is 12.3. The normalized spacial score (nSPS) is 19.1. The quantitative estimate of drug-likeness (QED) is 0.712. The molecule has 1 atom stereocenters. The number of likely N-dealkylation sites (tertiary alicyclic amines) is 1. The van der Waals surface area contributed by atoms with Crippen LogP contribution in [-0.4, -0.2) is 41.1 Å². The van der Waals surface area contributed by atoms with Crippen LogP contribution in [-0.2, 0) is 4.79 Å². The molecule has 1 aliphatic heterocycles. The summed E-state index contributed by atoms with van der Waals surface area (Å²) in [7, 11) is 0. The number of carbonyl (C=O) groups excluding carboxylic acids is 1. The van der Waals surface area contributed by atoms with Gasteiger partial charge in [0.25, 0.3) is 0 Å². The van der Waals surface area contributed by atoms with Gasteiger partial charge in [-0.25, -0.2) is 0 Å². The predicted octanol–water partition coefficient (Wildman–Crippen LogP) is 1.05. The molecule has 5 heteroatoms. The van der Waals surface area contributed by atoms with E-state index in [2.05, 4.69) is 10.2 Å². The van der Waals surface area contributed by atoms with Crippen LogP contribution in [0.5, 0.6) is 0 Å². The summed E-state index contributed by atoms with van der Waals surface area (Å²) in [4.78, 5) is 14.2. The summed E-state index contributed by atoms with van der Waals surface area (Å²) < 4.78 is 0. The number of carbonyl (C=O) groups is 1.